The summed E-state index contributed by atoms with van der Waals surface area (Å²) in [7, 11) is 0. The van der Waals surface area contributed by atoms with E-state index in [2.05, 4.69) is 9.98 Å². The average Bonchev–Trinajstić information content (AvgIpc) is 3.06. The Bertz CT molecular complexity index is 859. The molecular weight excluding hydrogens is 310 g/mol. The number of aromatic nitrogens is 2. The molecule has 0 amide bonds. The summed E-state index contributed by atoms with van der Waals surface area (Å²) < 4.78 is 6.60. The molecule has 0 unspecified atom stereocenters. The van der Waals surface area contributed by atoms with E-state index < -0.39 is 17.1 Å². The van der Waals surface area contributed by atoms with Crippen LogP contribution in [0.1, 0.15) is 24.0 Å². The Morgan fingerprint density at radius 2 is 2.12 bits per heavy atom. The van der Waals surface area contributed by atoms with Gasteiger partial charge in [0, 0.05) is 12.8 Å². The van der Waals surface area contributed by atoms with E-state index in [1.54, 1.807) is 12.1 Å². The zero-order chi connectivity index (χ0) is 17.1. The van der Waals surface area contributed by atoms with Gasteiger partial charge < -0.3 is 9.84 Å². The van der Waals surface area contributed by atoms with Crippen molar-refractivity contribution in [2.45, 2.75) is 32.4 Å². The summed E-state index contributed by atoms with van der Waals surface area (Å²) in [6, 6.07) is 7.41. The minimum atomic E-state index is -0.669. The maximum atomic E-state index is 12.0. The first-order chi connectivity index (χ1) is 11.5. The number of aromatic hydroxyl groups is 1. The predicted molar refractivity (Wildman–Crippen MR) is 90.4 cm³/mol. The molecule has 0 saturated carbocycles. The van der Waals surface area contributed by atoms with E-state index in [4.69, 9.17) is 4.74 Å². The average molecular weight is 329 g/mol. The standard InChI is InChI=1S/C17H19N3O4/c1-11-4-6-12(7-5-11)18-9-14-15(21)19-17(23)20(16(14)22)10-13-3-2-8-24-13/h4-7,9,13,22H,2-3,8,10H2,1H3,(H,19,21,23)/t13-/m1/s1. The van der Waals surface area contributed by atoms with Crippen LogP contribution in [0.2, 0.25) is 0 Å². The number of H-pyrrole nitrogens is 1. The Morgan fingerprint density at radius 3 is 2.79 bits per heavy atom. The van der Waals surface area contributed by atoms with E-state index in [-0.39, 0.29) is 18.2 Å². The van der Waals surface area contributed by atoms with Crippen molar-refractivity contribution < 1.29 is 9.84 Å². The molecule has 1 atom stereocenters. The molecule has 7 heteroatoms. The smallest absolute Gasteiger partial charge is 0.331 e. The summed E-state index contributed by atoms with van der Waals surface area (Å²) in [6.07, 6.45) is 2.87. The summed E-state index contributed by atoms with van der Waals surface area (Å²) in [4.78, 5) is 30.3. The van der Waals surface area contributed by atoms with Gasteiger partial charge in [0.1, 0.15) is 5.56 Å². The molecular formula is C17H19N3O4. The Labute approximate surface area is 138 Å². The zero-order valence-electron chi connectivity index (χ0n) is 13.4. The number of nitrogens with one attached hydrogen (secondary N) is 1. The van der Waals surface area contributed by atoms with Crippen molar-refractivity contribution >= 4 is 11.9 Å². The number of hydrogen-bond donors (Lipinski definition) is 2. The van der Waals surface area contributed by atoms with Gasteiger partial charge in [-0.25, -0.2) is 4.79 Å². The van der Waals surface area contributed by atoms with E-state index in [1.165, 1.54) is 6.21 Å². The lowest BCUT2D eigenvalue weighted by molar-refractivity contribution is 0.0934. The lowest BCUT2D eigenvalue weighted by atomic mass is 10.2. The van der Waals surface area contributed by atoms with Crippen molar-refractivity contribution in [3.8, 4) is 5.88 Å². The fourth-order valence-corrected chi connectivity index (χ4v) is 2.62. The van der Waals surface area contributed by atoms with Crippen LogP contribution < -0.4 is 11.2 Å². The highest BCUT2D eigenvalue weighted by atomic mass is 16.5. The number of hydrogen-bond acceptors (Lipinski definition) is 5. The second-order valence-corrected chi connectivity index (χ2v) is 5.84. The van der Waals surface area contributed by atoms with Crippen LogP contribution in [0.25, 0.3) is 0 Å². The Balaban J connectivity index is 1.93. The van der Waals surface area contributed by atoms with Crippen LogP contribution in [0.15, 0.2) is 38.8 Å². The number of benzene rings is 1. The van der Waals surface area contributed by atoms with Gasteiger partial charge in [0.25, 0.3) is 5.56 Å². The van der Waals surface area contributed by atoms with E-state index >= 15 is 0 Å². The molecule has 1 aliphatic rings. The predicted octanol–water partition coefficient (Wildman–Crippen LogP) is 1.48. The lowest BCUT2D eigenvalue weighted by Crippen LogP contribution is -2.34. The molecule has 0 spiro atoms. The Hall–Kier alpha value is -2.67. The van der Waals surface area contributed by atoms with Crippen LogP contribution in [0.5, 0.6) is 5.88 Å². The van der Waals surface area contributed by atoms with Crippen LogP contribution in [-0.4, -0.2) is 33.6 Å². The molecule has 1 saturated heterocycles. The summed E-state index contributed by atoms with van der Waals surface area (Å²) >= 11 is 0. The first kappa shape index (κ1) is 16.2. The van der Waals surface area contributed by atoms with Gasteiger partial charge in [-0.2, -0.15) is 0 Å². The molecule has 1 aromatic carbocycles. The molecule has 3 rings (SSSR count). The second-order valence-electron chi connectivity index (χ2n) is 5.84. The minimum Gasteiger partial charge on any atom is -0.494 e. The molecule has 1 aromatic heterocycles. The highest BCUT2D eigenvalue weighted by molar-refractivity contribution is 5.84. The molecule has 7 nitrogen and oxygen atoms in total. The first-order valence-electron chi connectivity index (χ1n) is 7.83. The number of ether oxygens (including phenoxy) is 1. The molecule has 0 aliphatic carbocycles. The van der Waals surface area contributed by atoms with Gasteiger partial charge in [0.05, 0.1) is 18.3 Å². The van der Waals surface area contributed by atoms with Crippen molar-refractivity contribution in [2.75, 3.05) is 6.61 Å². The van der Waals surface area contributed by atoms with Gasteiger partial charge in [-0.05, 0) is 31.9 Å². The van der Waals surface area contributed by atoms with Gasteiger partial charge in [-0.1, -0.05) is 17.7 Å². The van der Waals surface area contributed by atoms with Crippen LogP contribution in [0.4, 0.5) is 5.69 Å². The quantitative estimate of drug-likeness (QED) is 0.830. The molecule has 1 aliphatic heterocycles. The minimum absolute atomic E-state index is 0.0480. The zero-order valence-corrected chi connectivity index (χ0v) is 13.4. The largest absolute Gasteiger partial charge is 0.494 e. The first-order valence-corrected chi connectivity index (χ1v) is 7.83. The van der Waals surface area contributed by atoms with Gasteiger partial charge in [-0.3, -0.25) is 19.3 Å². The molecule has 2 N–H and O–H groups in total. The van der Waals surface area contributed by atoms with E-state index in [0.717, 1.165) is 23.0 Å². The fraction of sp³-hybridized carbons (Fsp3) is 0.353. The monoisotopic (exact) mass is 329 g/mol. The summed E-state index contributed by atoms with van der Waals surface area (Å²) in [6.45, 7) is 2.81. The third-order valence-electron chi connectivity index (χ3n) is 3.99. The fourth-order valence-electron chi connectivity index (χ4n) is 2.62. The highest BCUT2D eigenvalue weighted by Crippen LogP contribution is 2.17. The highest BCUT2D eigenvalue weighted by Gasteiger charge is 2.20. The van der Waals surface area contributed by atoms with Crippen LogP contribution in [0.3, 0.4) is 0 Å². The van der Waals surface area contributed by atoms with Gasteiger partial charge in [0.15, 0.2) is 0 Å². The van der Waals surface area contributed by atoms with Gasteiger partial charge in [0.2, 0.25) is 5.88 Å². The van der Waals surface area contributed by atoms with Gasteiger partial charge in [-0.15, -0.1) is 0 Å². The normalized spacial score (nSPS) is 17.6. The number of rotatable bonds is 4. The maximum Gasteiger partial charge on any atom is 0.331 e. The SMILES string of the molecule is Cc1ccc(N=Cc2c(O)n(C[C@H]3CCCO3)c(=O)[nH]c2=O)cc1. The number of aromatic amines is 1. The summed E-state index contributed by atoms with van der Waals surface area (Å²) in [5.74, 6) is -0.393. The van der Waals surface area contributed by atoms with Crippen molar-refractivity contribution in [3.05, 3.63) is 56.2 Å². The van der Waals surface area contributed by atoms with Crippen LogP contribution >= 0.6 is 0 Å². The molecule has 0 radical (unpaired) electrons. The third-order valence-corrected chi connectivity index (χ3v) is 3.99. The van der Waals surface area contributed by atoms with E-state index in [1.807, 2.05) is 19.1 Å². The Morgan fingerprint density at radius 1 is 1.38 bits per heavy atom. The number of nitrogens with zero attached hydrogens (tertiary/aromatic N) is 2. The van der Waals surface area contributed by atoms with E-state index in [9.17, 15) is 14.7 Å². The van der Waals surface area contributed by atoms with E-state index in [0.29, 0.717) is 12.3 Å². The lowest BCUT2D eigenvalue weighted by Gasteiger charge is -2.13. The molecule has 1 fully saturated rings. The second kappa shape index (κ2) is 6.84. The Kier molecular flexibility index (Phi) is 4.61. The van der Waals surface area contributed by atoms with Crippen molar-refractivity contribution in [3.63, 3.8) is 0 Å². The molecule has 2 heterocycles. The molecule has 24 heavy (non-hydrogen) atoms. The maximum absolute atomic E-state index is 12.0. The topological polar surface area (TPSA) is 96.7 Å². The van der Waals surface area contributed by atoms with Crippen molar-refractivity contribution in [1.29, 1.82) is 0 Å². The molecule has 126 valence electrons. The van der Waals surface area contributed by atoms with Gasteiger partial charge >= 0.3 is 5.69 Å². The summed E-state index contributed by atoms with van der Waals surface area (Å²) in [5.41, 5.74) is 0.377. The number of aliphatic imine (C=N–C) groups is 1. The van der Waals surface area contributed by atoms with Crippen molar-refractivity contribution in [1.82, 2.24) is 9.55 Å². The van der Waals surface area contributed by atoms with Crippen LogP contribution in [-0.2, 0) is 11.3 Å². The molecule has 2 aromatic rings. The number of aryl methyl sites for hydroxylation is 1. The van der Waals surface area contributed by atoms with Crippen molar-refractivity contribution in [2.24, 2.45) is 4.99 Å². The third kappa shape index (κ3) is 3.46. The van der Waals surface area contributed by atoms with Crippen LogP contribution in [0, 0.1) is 6.92 Å². The molecule has 0 bridgehead atoms. The summed E-state index contributed by atoms with van der Waals surface area (Å²) in [5, 5.41) is 10.3.